The van der Waals surface area contributed by atoms with Gasteiger partial charge in [0.2, 0.25) is 0 Å². The highest BCUT2D eigenvalue weighted by molar-refractivity contribution is 9.12. The van der Waals surface area contributed by atoms with Crippen molar-refractivity contribution in [3.8, 4) is 0 Å². The van der Waals surface area contributed by atoms with Gasteiger partial charge >= 0.3 is 7.12 Å². The maximum absolute atomic E-state index is 8.78. The molecule has 0 aliphatic carbocycles. The molecule has 0 aromatic rings. The van der Waals surface area contributed by atoms with Gasteiger partial charge in [-0.15, -0.1) is 0 Å². The zero-order valence-electron chi connectivity index (χ0n) is 10.3. The number of hydrogen-bond donors (Lipinski definition) is 2. The summed E-state index contributed by atoms with van der Waals surface area (Å²) in [5, 5.41) is 17.6. The first-order valence-electron chi connectivity index (χ1n) is 6.40. The predicted octanol–water partition coefficient (Wildman–Crippen LogP) is 3.81. The van der Waals surface area contributed by atoms with Crippen LogP contribution in [0.4, 0.5) is 0 Å². The Bertz CT molecular complexity index is 184. The molecule has 0 rings (SSSR count). The van der Waals surface area contributed by atoms with Crippen molar-refractivity contribution in [1.29, 1.82) is 0 Å². The second kappa shape index (κ2) is 11.7. The van der Waals surface area contributed by atoms with Crippen molar-refractivity contribution in [1.82, 2.24) is 0 Å². The molecule has 2 N–H and O–H groups in total. The first-order chi connectivity index (χ1) is 7.68. The van der Waals surface area contributed by atoms with E-state index < -0.39 is 7.12 Å². The summed E-state index contributed by atoms with van der Waals surface area (Å²) < 4.78 is 0.482. The lowest BCUT2D eigenvalue weighted by atomic mass is 9.91. The van der Waals surface area contributed by atoms with Crippen LogP contribution in [0.5, 0.6) is 0 Å². The van der Waals surface area contributed by atoms with Gasteiger partial charge in [-0.05, 0) is 12.8 Å². The summed E-state index contributed by atoms with van der Waals surface area (Å²) in [5.74, 6) is 0. The van der Waals surface area contributed by atoms with Gasteiger partial charge in [-0.2, -0.15) is 0 Å². The second-order valence-corrected chi connectivity index (χ2v) is 5.14. The van der Waals surface area contributed by atoms with E-state index in [-0.39, 0.29) is 0 Å². The molecule has 4 heteroatoms. The lowest BCUT2D eigenvalue weighted by Gasteiger charge is -2.00. The van der Waals surface area contributed by atoms with Gasteiger partial charge in [0, 0.05) is 4.38 Å². The van der Waals surface area contributed by atoms with Crippen molar-refractivity contribution in [3.63, 3.8) is 0 Å². The van der Waals surface area contributed by atoms with Crippen LogP contribution in [0.15, 0.2) is 10.5 Å². The molecule has 0 aliphatic heterocycles. The highest BCUT2D eigenvalue weighted by Crippen LogP contribution is 2.12. The SMILES string of the molecule is CCCCCCCCCC/C=C(\Br)B(O)O. The third-order valence-electron chi connectivity index (χ3n) is 2.64. The maximum atomic E-state index is 8.78. The van der Waals surface area contributed by atoms with E-state index in [1.54, 1.807) is 0 Å². The predicted molar refractivity (Wildman–Crippen MR) is 74.4 cm³/mol. The third kappa shape index (κ3) is 10.7. The molecule has 0 aromatic heterocycles. The van der Waals surface area contributed by atoms with Crippen molar-refractivity contribution in [3.05, 3.63) is 10.5 Å². The number of allylic oxidation sites excluding steroid dienone is 1. The Balaban J connectivity index is 3.18. The Hall–Kier alpha value is 0.205. The Morgan fingerprint density at radius 1 is 1.00 bits per heavy atom. The fourth-order valence-electron chi connectivity index (χ4n) is 1.62. The Kier molecular flexibility index (Phi) is 11.8. The van der Waals surface area contributed by atoms with Crippen LogP contribution in [0.1, 0.15) is 64.7 Å². The van der Waals surface area contributed by atoms with E-state index in [1.807, 2.05) is 6.08 Å². The highest BCUT2D eigenvalue weighted by atomic mass is 79.9. The van der Waals surface area contributed by atoms with Crippen LogP contribution in [-0.2, 0) is 0 Å². The molecule has 0 atom stereocenters. The van der Waals surface area contributed by atoms with Gasteiger partial charge in [-0.1, -0.05) is 73.9 Å². The van der Waals surface area contributed by atoms with Crippen molar-refractivity contribution in [2.75, 3.05) is 0 Å². The molecule has 0 heterocycles. The minimum absolute atomic E-state index is 0.482. The van der Waals surface area contributed by atoms with Crippen LogP contribution >= 0.6 is 15.9 Å². The van der Waals surface area contributed by atoms with E-state index in [1.165, 1.54) is 44.9 Å². The van der Waals surface area contributed by atoms with Crippen molar-refractivity contribution < 1.29 is 10.0 Å². The van der Waals surface area contributed by atoms with Crippen LogP contribution < -0.4 is 0 Å². The van der Waals surface area contributed by atoms with Gasteiger partial charge in [-0.25, -0.2) is 0 Å². The van der Waals surface area contributed by atoms with Gasteiger partial charge in [-0.3, -0.25) is 0 Å². The molecule has 0 spiro atoms. The lowest BCUT2D eigenvalue weighted by Crippen LogP contribution is -2.10. The number of hydrogen-bond acceptors (Lipinski definition) is 2. The summed E-state index contributed by atoms with van der Waals surface area (Å²) in [7, 11) is -1.35. The molecule has 0 saturated heterocycles. The topological polar surface area (TPSA) is 40.5 Å². The minimum Gasteiger partial charge on any atom is -0.423 e. The average Bonchev–Trinajstić information content (AvgIpc) is 2.26. The summed E-state index contributed by atoms with van der Waals surface area (Å²) in [5.41, 5.74) is 0. The Morgan fingerprint density at radius 2 is 1.50 bits per heavy atom. The first kappa shape index (κ1) is 16.2. The fraction of sp³-hybridized carbons (Fsp3) is 0.833. The van der Waals surface area contributed by atoms with Crippen molar-refractivity contribution in [2.45, 2.75) is 64.7 Å². The zero-order chi connectivity index (χ0) is 12.2. The van der Waals surface area contributed by atoms with E-state index in [2.05, 4.69) is 22.9 Å². The van der Waals surface area contributed by atoms with Gasteiger partial charge in [0.1, 0.15) is 0 Å². The Labute approximate surface area is 108 Å². The smallest absolute Gasteiger partial charge is 0.423 e. The molecule has 0 aliphatic rings. The molecule has 0 amide bonds. The van der Waals surface area contributed by atoms with E-state index in [0.717, 1.165) is 12.8 Å². The van der Waals surface area contributed by atoms with E-state index in [9.17, 15) is 0 Å². The van der Waals surface area contributed by atoms with Gasteiger partial charge in [0.25, 0.3) is 0 Å². The third-order valence-corrected chi connectivity index (χ3v) is 3.38. The van der Waals surface area contributed by atoms with Gasteiger partial charge < -0.3 is 10.0 Å². The zero-order valence-corrected chi connectivity index (χ0v) is 11.9. The summed E-state index contributed by atoms with van der Waals surface area (Å²) in [6.07, 6.45) is 13.2. The van der Waals surface area contributed by atoms with E-state index in [0.29, 0.717) is 4.38 Å². The summed E-state index contributed by atoms with van der Waals surface area (Å²) >= 11 is 3.11. The normalized spacial score (nSPS) is 11.9. The summed E-state index contributed by atoms with van der Waals surface area (Å²) in [4.78, 5) is 0. The second-order valence-electron chi connectivity index (χ2n) is 4.23. The maximum Gasteiger partial charge on any atom is 0.495 e. The largest absolute Gasteiger partial charge is 0.495 e. The molecule has 0 aromatic carbocycles. The number of unbranched alkanes of at least 4 members (excludes halogenated alkanes) is 8. The van der Waals surface area contributed by atoms with Crippen LogP contribution in [0.3, 0.4) is 0 Å². The monoisotopic (exact) mass is 290 g/mol. The highest BCUT2D eigenvalue weighted by Gasteiger charge is 2.09. The molecule has 0 fully saturated rings. The standard InChI is InChI=1S/C12H24BBrO2/c1-2-3-4-5-6-7-8-9-10-11-12(14)13(15)16/h11,15-16H,2-10H2,1H3/b12-11-. The molecular formula is C12H24BBrO2. The summed E-state index contributed by atoms with van der Waals surface area (Å²) in [6.45, 7) is 2.24. The fourth-order valence-corrected chi connectivity index (χ4v) is 1.85. The lowest BCUT2D eigenvalue weighted by molar-refractivity contribution is 0.423. The van der Waals surface area contributed by atoms with Crippen LogP contribution in [0.2, 0.25) is 0 Å². The average molecular weight is 291 g/mol. The first-order valence-corrected chi connectivity index (χ1v) is 7.19. The molecule has 2 nitrogen and oxygen atoms in total. The van der Waals surface area contributed by atoms with Gasteiger partial charge in [0.05, 0.1) is 0 Å². The molecule has 0 bridgehead atoms. The van der Waals surface area contributed by atoms with E-state index >= 15 is 0 Å². The summed E-state index contributed by atoms with van der Waals surface area (Å²) in [6, 6.07) is 0. The number of rotatable bonds is 10. The quantitative estimate of drug-likeness (QED) is 0.474. The number of halogens is 1. The Morgan fingerprint density at radius 3 is 2.00 bits per heavy atom. The van der Waals surface area contributed by atoms with Crippen LogP contribution in [-0.4, -0.2) is 17.2 Å². The van der Waals surface area contributed by atoms with E-state index in [4.69, 9.17) is 10.0 Å². The molecule has 0 saturated carbocycles. The molecule has 94 valence electrons. The van der Waals surface area contributed by atoms with Gasteiger partial charge in [0.15, 0.2) is 0 Å². The van der Waals surface area contributed by atoms with Crippen LogP contribution in [0.25, 0.3) is 0 Å². The molecule has 0 radical (unpaired) electrons. The molecular weight excluding hydrogens is 267 g/mol. The molecule has 16 heavy (non-hydrogen) atoms. The minimum atomic E-state index is -1.35. The molecule has 0 unspecified atom stereocenters. The van der Waals surface area contributed by atoms with Crippen molar-refractivity contribution in [2.24, 2.45) is 0 Å². The van der Waals surface area contributed by atoms with Crippen LogP contribution in [0, 0.1) is 0 Å². The van der Waals surface area contributed by atoms with Crippen molar-refractivity contribution >= 4 is 23.0 Å².